The molecule has 0 radical (unpaired) electrons. The van der Waals surface area contributed by atoms with E-state index >= 15 is 0 Å². The van der Waals surface area contributed by atoms with Crippen molar-refractivity contribution >= 4 is 0 Å². The SMILES string of the molecule is CCCC(CN)c1nc(-c2ncc(C)cn2)no1. The lowest BCUT2D eigenvalue weighted by Gasteiger charge is -2.06. The van der Waals surface area contributed by atoms with Gasteiger partial charge < -0.3 is 10.3 Å². The zero-order valence-electron chi connectivity index (χ0n) is 10.6. The quantitative estimate of drug-likeness (QED) is 0.864. The molecule has 6 heteroatoms. The fraction of sp³-hybridized carbons (Fsp3) is 0.500. The van der Waals surface area contributed by atoms with Crippen LogP contribution < -0.4 is 5.73 Å². The van der Waals surface area contributed by atoms with Crippen molar-refractivity contribution in [2.45, 2.75) is 32.6 Å². The Balaban J connectivity index is 2.21. The van der Waals surface area contributed by atoms with Gasteiger partial charge in [0.05, 0.1) is 5.92 Å². The minimum atomic E-state index is 0.113. The van der Waals surface area contributed by atoms with Crippen LogP contribution in [0.3, 0.4) is 0 Å². The monoisotopic (exact) mass is 247 g/mol. The molecule has 96 valence electrons. The molecule has 0 aliphatic rings. The minimum Gasteiger partial charge on any atom is -0.339 e. The molecule has 2 N–H and O–H groups in total. The third kappa shape index (κ3) is 2.70. The Morgan fingerprint density at radius 3 is 2.61 bits per heavy atom. The smallest absolute Gasteiger partial charge is 0.240 e. The highest BCUT2D eigenvalue weighted by Gasteiger charge is 2.18. The van der Waals surface area contributed by atoms with Crippen LogP contribution in [0.5, 0.6) is 0 Å². The Kier molecular flexibility index (Phi) is 3.99. The van der Waals surface area contributed by atoms with Crippen molar-refractivity contribution in [1.29, 1.82) is 0 Å². The van der Waals surface area contributed by atoms with E-state index in [-0.39, 0.29) is 5.92 Å². The molecule has 0 spiro atoms. The van der Waals surface area contributed by atoms with E-state index in [2.05, 4.69) is 27.0 Å². The summed E-state index contributed by atoms with van der Waals surface area (Å²) < 4.78 is 5.23. The average molecular weight is 247 g/mol. The summed E-state index contributed by atoms with van der Waals surface area (Å²) in [4.78, 5) is 12.6. The molecule has 0 aliphatic carbocycles. The molecule has 1 atom stereocenters. The van der Waals surface area contributed by atoms with Crippen LogP contribution in [0.4, 0.5) is 0 Å². The van der Waals surface area contributed by atoms with E-state index in [1.54, 1.807) is 12.4 Å². The number of nitrogens with two attached hydrogens (primary N) is 1. The van der Waals surface area contributed by atoms with Gasteiger partial charge in [0.25, 0.3) is 0 Å². The second kappa shape index (κ2) is 5.68. The molecule has 6 nitrogen and oxygen atoms in total. The molecule has 0 amide bonds. The van der Waals surface area contributed by atoms with Crippen molar-refractivity contribution < 1.29 is 4.52 Å². The maximum absolute atomic E-state index is 5.70. The zero-order chi connectivity index (χ0) is 13.0. The van der Waals surface area contributed by atoms with Crippen LogP contribution in [-0.2, 0) is 0 Å². The summed E-state index contributed by atoms with van der Waals surface area (Å²) in [7, 11) is 0. The van der Waals surface area contributed by atoms with E-state index in [1.807, 2.05) is 6.92 Å². The van der Waals surface area contributed by atoms with E-state index in [9.17, 15) is 0 Å². The van der Waals surface area contributed by atoms with Gasteiger partial charge in [0, 0.05) is 18.9 Å². The molecule has 0 bridgehead atoms. The van der Waals surface area contributed by atoms with Gasteiger partial charge in [-0.3, -0.25) is 0 Å². The van der Waals surface area contributed by atoms with Crippen LogP contribution in [0.2, 0.25) is 0 Å². The molecule has 2 aromatic heterocycles. The minimum absolute atomic E-state index is 0.113. The van der Waals surface area contributed by atoms with Gasteiger partial charge in [0.2, 0.25) is 17.5 Å². The molecule has 2 rings (SSSR count). The standard InChI is InChI=1S/C12H17N5O/c1-3-4-9(5-13)12-16-11(17-18-12)10-14-6-8(2)7-15-10/h6-7,9H,3-5,13H2,1-2H3. The molecule has 18 heavy (non-hydrogen) atoms. The molecule has 0 aliphatic heterocycles. The molecule has 1 unspecified atom stereocenters. The summed E-state index contributed by atoms with van der Waals surface area (Å²) in [6, 6.07) is 0. The van der Waals surface area contributed by atoms with Crippen molar-refractivity contribution in [3.05, 3.63) is 23.8 Å². The maximum atomic E-state index is 5.70. The van der Waals surface area contributed by atoms with Gasteiger partial charge in [0.15, 0.2) is 0 Å². The molecular formula is C12H17N5O. The summed E-state index contributed by atoms with van der Waals surface area (Å²) in [5.41, 5.74) is 6.69. The highest BCUT2D eigenvalue weighted by molar-refractivity contribution is 5.41. The molecular weight excluding hydrogens is 230 g/mol. The zero-order valence-corrected chi connectivity index (χ0v) is 10.6. The highest BCUT2D eigenvalue weighted by atomic mass is 16.5. The van der Waals surface area contributed by atoms with Crippen LogP contribution in [0.15, 0.2) is 16.9 Å². The van der Waals surface area contributed by atoms with Crippen LogP contribution in [-0.4, -0.2) is 26.7 Å². The molecule has 0 fully saturated rings. The number of aromatic nitrogens is 4. The number of nitrogens with zero attached hydrogens (tertiary/aromatic N) is 4. The second-order valence-corrected chi connectivity index (χ2v) is 4.26. The first-order chi connectivity index (χ1) is 8.74. The van der Waals surface area contributed by atoms with Gasteiger partial charge in [-0.2, -0.15) is 4.98 Å². The lowest BCUT2D eigenvalue weighted by Crippen LogP contribution is -2.12. The first-order valence-corrected chi connectivity index (χ1v) is 6.07. The first-order valence-electron chi connectivity index (χ1n) is 6.07. The summed E-state index contributed by atoms with van der Waals surface area (Å²) in [6.45, 7) is 4.53. The Morgan fingerprint density at radius 1 is 1.28 bits per heavy atom. The van der Waals surface area contributed by atoms with E-state index in [1.165, 1.54) is 0 Å². The van der Waals surface area contributed by atoms with Gasteiger partial charge in [-0.1, -0.05) is 18.5 Å². The lowest BCUT2D eigenvalue weighted by atomic mass is 10.0. The summed E-state index contributed by atoms with van der Waals surface area (Å²) in [5, 5.41) is 3.90. The predicted octanol–water partition coefficient (Wildman–Crippen LogP) is 1.68. The molecule has 0 saturated heterocycles. The third-order valence-electron chi connectivity index (χ3n) is 2.69. The van der Waals surface area contributed by atoms with Gasteiger partial charge in [0.1, 0.15) is 0 Å². The first kappa shape index (κ1) is 12.6. The third-order valence-corrected chi connectivity index (χ3v) is 2.69. The van der Waals surface area contributed by atoms with Crippen LogP contribution >= 0.6 is 0 Å². The second-order valence-electron chi connectivity index (χ2n) is 4.26. The number of rotatable bonds is 5. The van der Waals surface area contributed by atoms with Gasteiger partial charge in [-0.25, -0.2) is 9.97 Å². The van der Waals surface area contributed by atoms with Crippen LogP contribution in [0.25, 0.3) is 11.6 Å². The molecule has 2 aromatic rings. The molecule has 0 aromatic carbocycles. The van der Waals surface area contributed by atoms with Crippen LogP contribution in [0.1, 0.15) is 37.1 Å². The fourth-order valence-electron chi connectivity index (χ4n) is 1.69. The Bertz CT molecular complexity index is 493. The Hall–Kier alpha value is -1.82. The van der Waals surface area contributed by atoms with Crippen molar-refractivity contribution in [2.75, 3.05) is 6.54 Å². The maximum Gasteiger partial charge on any atom is 0.240 e. The number of hydrogen-bond donors (Lipinski definition) is 1. The topological polar surface area (TPSA) is 90.7 Å². The van der Waals surface area contributed by atoms with Crippen molar-refractivity contribution in [2.24, 2.45) is 5.73 Å². The van der Waals surface area contributed by atoms with Crippen LogP contribution in [0, 0.1) is 6.92 Å². The summed E-state index contributed by atoms with van der Waals surface area (Å²) >= 11 is 0. The molecule has 0 saturated carbocycles. The Labute approximate surface area is 106 Å². The van der Waals surface area contributed by atoms with Crippen molar-refractivity contribution in [3.8, 4) is 11.6 Å². The highest BCUT2D eigenvalue weighted by Crippen LogP contribution is 2.20. The van der Waals surface area contributed by atoms with E-state index in [0.717, 1.165) is 18.4 Å². The van der Waals surface area contributed by atoms with Gasteiger partial charge in [-0.15, -0.1) is 0 Å². The van der Waals surface area contributed by atoms with E-state index in [4.69, 9.17) is 10.3 Å². The number of aryl methyl sites for hydroxylation is 1. The number of hydrogen-bond acceptors (Lipinski definition) is 6. The van der Waals surface area contributed by atoms with Gasteiger partial charge in [-0.05, 0) is 18.9 Å². The predicted molar refractivity (Wildman–Crippen MR) is 66.8 cm³/mol. The largest absolute Gasteiger partial charge is 0.339 e. The Morgan fingerprint density at radius 2 is 2.00 bits per heavy atom. The normalized spacial score (nSPS) is 12.6. The average Bonchev–Trinajstić information content (AvgIpc) is 2.86. The summed E-state index contributed by atoms with van der Waals surface area (Å²) in [5.74, 6) is 1.57. The van der Waals surface area contributed by atoms with Crippen molar-refractivity contribution in [3.63, 3.8) is 0 Å². The fourth-order valence-corrected chi connectivity index (χ4v) is 1.69. The van der Waals surface area contributed by atoms with Gasteiger partial charge >= 0.3 is 0 Å². The van der Waals surface area contributed by atoms with E-state index in [0.29, 0.717) is 24.1 Å². The summed E-state index contributed by atoms with van der Waals surface area (Å²) in [6.07, 6.45) is 5.42. The van der Waals surface area contributed by atoms with Crippen molar-refractivity contribution in [1.82, 2.24) is 20.1 Å². The lowest BCUT2D eigenvalue weighted by molar-refractivity contribution is 0.347. The van der Waals surface area contributed by atoms with E-state index < -0.39 is 0 Å². The molecule has 2 heterocycles.